The number of aromatic nitrogens is 1. The van der Waals surface area contributed by atoms with Gasteiger partial charge in [0.25, 0.3) is 0 Å². The summed E-state index contributed by atoms with van der Waals surface area (Å²) < 4.78 is 0. The molecule has 0 atom stereocenters. The van der Waals surface area contributed by atoms with Crippen LogP contribution in [0.1, 0.15) is 18.4 Å². The fraction of sp³-hybridized carbons (Fsp3) is 0.182. The number of pyridine rings is 1. The van der Waals surface area contributed by atoms with Crippen molar-refractivity contribution < 1.29 is 4.79 Å². The minimum Gasteiger partial charge on any atom is -0.384 e. The molecule has 50 heavy (non-hydrogen) atoms. The number of anilines is 1. The molecule has 0 aliphatic rings. The highest BCUT2D eigenvalue weighted by Crippen LogP contribution is 2.36. The van der Waals surface area contributed by atoms with E-state index in [0.29, 0.717) is 13.0 Å². The van der Waals surface area contributed by atoms with Gasteiger partial charge in [0.15, 0.2) is 0 Å². The van der Waals surface area contributed by atoms with Crippen LogP contribution in [0, 0.1) is 0 Å². The van der Waals surface area contributed by atoms with Gasteiger partial charge in [-0.25, -0.2) is 4.98 Å². The fourth-order valence-electron chi connectivity index (χ4n) is 7.26. The molecule has 0 saturated carbocycles. The SMILES string of the molecule is Br.CN(CCCNC(=O)Cc1ccc2ccc3cccc4ccc1c2c34)CCCNc1cc(-c2ccc3ccccc3c2)nc2ccccc12. The maximum Gasteiger partial charge on any atom is 0.224 e. The van der Waals surface area contributed by atoms with Gasteiger partial charge in [0.05, 0.1) is 17.6 Å². The lowest BCUT2D eigenvalue weighted by Gasteiger charge is -2.18. The minimum absolute atomic E-state index is 0. The molecule has 0 aliphatic carbocycles. The standard InChI is InChI=1S/C44H40N4O.BrH/c1-48(26-8-24-46-42(49)28-35-19-18-33-17-16-31-11-6-12-32-21-22-37(35)44(33)43(31)32)25-7-23-45-41-29-40(47-39-14-5-4-13-38(39)41)36-20-15-30-9-2-3-10-34(30)27-36;/h2-6,9-22,27,29H,7-8,23-26,28H2,1H3,(H,45,47)(H,46,49);1H. The molecule has 2 N–H and O–H groups in total. The summed E-state index contributed by atoms with van der Waals surface area (Å²) >= 11 is 0. The van der Waals surface area contributed by atoms with Crippen LogP contribution in [0.5, 0.6) is 0 Å². The predicted octanol–water partition coefficient (Wildman–Crippen LogP) is 10.0. The summed E-state index contributed by atoms with van der Waals surface area (Å²) in [7, 11) is 2.16. The minimum atomic E-state index is 0. The van der Waals surface area contributed by atoms with Gasteiger partial charge >= 0.3 is 0 Å². The van der Waals surface area contributed by atoms with E-state index in [2.05, 4.69) is 144 Å². The molecule has 0 fully saturated rings. The van der Waals surface area contributed by atoms with Gasteiger partial charge in [-0.3, -0.25) is 4.79 Å². The Hall–Kier alpha value is -5.04. The fourth-order valence-corrected chi connectivity index (χ4v) is 7.26. The first-order valence-electron chi connectivity index (χ1n) is 17.3. The van der Waals surface area contributed by atoms with Crippen molar-refractivity contribution in [3.05, 3.63) is 133 Å². The smallest absolute Gasteiger partial charge is 0.224 e. The largest absolute Gasteiger partial charge is 0.384 e. The van der Waals surface area contributed by atoms with Crippen LogP contribution in [0.4, 0.5) is 5.69 Å². The second-order valence-electron chi connectivity index (χ2n) is 13.2. The molecular weight excluding hydrogens is 680 g/mol. The maximum absolute atomic E-state index is 13.0. The number of nitrogens with one attached hydrogen (secondary N) is 2. The number of benzene rings is 7. The average Bonchev–Trinajstić information content (AvgIpc) is 3.14. The second kappa shape index (κ2) is 14.8. The highest BCUT2D eigenvalue weighted by Gasteiger charge is 2.13. The zero-order chi connectivity index (χ0) is 33.2. The van der Waals surface area contributed by atoms with Crippen LogP contribution in [0.2, 0.25) is 0 Å². The Morgan fingerprint density at radius 3 is 2.14 bits per heavy atom. The van der Waals surface area contributed by atoms with Gasteiger partial charge in [0.1, 0.15) is 0 Å². The van der Waals surface area contributed by atoms with Crippen LogP contribution in [0.25, 0.3) is 65.3 Å². The van der Waals surface area contributed by atoms with Crippen molar-refractivity contribution in [2.45, 2.75) is 19.3 Å². The molecular formula is C44H41BrN4O. The van der Waals surface area contributed by atoms with Crippen LogP contribution in [-0.4, -0.2) is 49.0 Å². The molecule has 0 spiro atoms. The Morgan fingerprint density at radius 1 is 0.640 bits per heavy atom. The molecule has 5 nitrogen and oxygen atoms in total. The van der Waals surface area contributed by atoms with Crippen molar-refractivity contribution >= 4 is 82.6 Å². The number of para-hydroxylation sites is 1. The van der Waals surface area contributed by atoms with Crippen LogP contribution >= 0.6 is 17.0 Å². The van der Waals surface area contributed by atoms with Crippen molar-refractivity contribution in [3.63, 3.8) is 0 Å². The number of amides is 1. The molecule has 1 amide bonds. The first-order chi connectivity index (χ1) is 24.1. The number of carbonyl (C=O) groups is 1. The Kier molecular flexibility index (Phi) is 9.92. The normalized spacial score (nSPS) is 11.6. The molecule has 0 unspecified atom stereocenters. The van der Waals surface area contributed by atoms with E-state index in [9.17, 15) is 4.79 Å². The third-order valence-electron chi connectivity index (χ3n) is 9.80. The number of fused-ring (bicyclic) bond motifs is 2. The lowest BCUT2D eigenvalue weighted by molar-refractivity contribution is -0.120. The van der Waals surface area contributed by atoms with Crippen molar-refractivity contribution in [2.24, 2.45) is 0 Å². The molecule has 1 heterocycles. The molecule has 250 valence electrons. The first-order valence-corrected chi connectivity index (χ1v) is 17.3. The third kappa shape index (κ3) is 6.87. The highest BCUT2D eigenvalue weighted by atomic mass is 79.9. The van der Waals surface area contributed by atoms with Crippen LogP contribution in [-0.2, 0) is 11.2 Å². The van der Waals surface area contributed by atoms with E-state index in [1.165, 1.54) is 43.1 Å². The number of nitrogens with zero attached hydrogens (tertiary/aromatic N) is 2. The van der Waals surface area contributed by atoms with Crippen LogP contribution in [0.15, 0.2) is 127 Å². The van der Waals surface area contributed by atoms with Crippen molar-refractivity contribution in [1.29, 1.82) is 0 Å². The van der Waals surface area contributed by atoms with E-state index in [-0.39, 0.29) is 22.9 Å². The molecule has 0 radical (unpaired) electrons. The van der Waals surface area contributed by atoms with Gasteiger partial charge in [-0.1, -0.05) is 109 Å². The van der Waals surface area contributed by atoms with E-state index in [4.69, 9.17) is 4.98 Å². The second-order valence-corrected chi connectivity index (χ2v) is 13.2. The van der Waals surface area contributed by atoms with Crippen molar-refractivity contribution in [2.75, 3.05) is 38.5 Å². The quantitative estimate of drug-likeness (QED) is 0.0975. The summed E-state index contributed by atoms with van der Waals surface area (Å²) in [5.41, 5.74) is 5.29. The van der Waals surface area contributed by atoms with Gasteiger partial charge in [-0.05, 0) is 99.8 Å². The summed E-state index contributed by atoms with van der Waals surface area (Å²) in [6, 6.07) is 45.0. The number of halogens is 1. The Labute approximate surface area is 303 Å². The molecule has 0 aliphatic heterocycles. The van der Waals surface area contributed by atoms with Crippen molar-refractivity contribution in [1.82, 2.24) is 15.2 Å². The highest BCUT2D eigenvalue weighted by molar-refractivity contribution is 8.93. The molecule has 6 heteroatoms. The van der Waals surface area contributed by atoms with E-state index in [1.54, 1.807) is 0 Å². The number of rotatable bonds is 12. The summed E-state index contributed by atoms with van der Waals surface area (Å²) in [5, 5.41) is 17.9. The summed E-state index contributed by atoms with van der Waals surface area (Å²) in [6.45, 7) is 3.45. The average molecular weight is 722 g/mol. The number of hydrogen-bond donors (Lipinski definition) is 2. The zero-order valence-corrected chi connectivity index (χ0v) is 30.0. The topological polar surface area (TPSA) is 57.3 Å². The number of carbonyl (C=O) groups excluding carboxylic acids is 1. The lowest BCUT2D eigenvalue weighted by Crippen LogP contribution is -2.30. The van der Waals surface area contributed by atoms with Gasteiger partial charge in [-0.2, -0.15) is 0 Å². The monoisotopic (exact) mass is 720 g/mol. The van der Waals surface area contributed by atoms with Gasteiger partial charge in [0.2, 0.25) is 5.91 Å². The van der Waals surface area contributed by atoms with Gasteiger partial charge in [0, 0.05) is 29.7 Å². The summed E-state index contributed by atoms with van der Waals surface area (Å²) in [4.78, 5) is 20.3. The zero-order valence-electron chi connectivity index (χ0n) is 28.3. The van der Waals surface area contributed by atoms with Gasteiger partial charge in [-0.15, -0.1) is 17.0 Å². The molecule has 8 aromatic rings. The van der Waals surface area contributed by atoms with Crippen LogP contribution < -0.4 is 10.6 Å². The predicted molar refractivity (Wildman–Crippen MR) is 217 cm³/mol. The Balaban J connectivity index is 0.00000392. The lowest BCUT2D eigenvalue weighted by atomic mass is 9.91. The Morgan fingerprint density at radius 2 is 1.30 bits per heavy atom. The molecule has 0 saturated heterocycles. The van der Waals surface area contributed by atoms with E-state index in [1.807, 2.05) is 6.07 Å². The van der Waals surface area contributed by atoms with Gasteiger partial charge < -0.3 is 15.5 Å². The van der Waals surface area contributed by atoms with E-state index < -0.39 is 0 Å². The van der Waals surface area contributed by atoms with E-state index >= 15 is 0 Å². The third-order valence-corrected chi connectivity index (χ3v) is 9.80. The first kappa shape index (κ1) is 33.5. The maximum atomic E-state index is 13.0. The molecule has 0 bridgehead atoms. The Bertz CT molecular complexity index is 2430. The molecule has 8 rings (SSSR count). The number of hydrogen-bond acceptors (Lipinski definition) is 4. The van der Waals surface area contributed by atoms with E-state index in [0.717, 1.165) is 65.9 Å². The summed E-state index contributed by atoms with van der Waals surface area (Å²) in [5.74, 6) is 0.0783. The molecule has 1 aromatic heterocycles. The van der Waals surface area contributed by atoms with Crippen LogP contribution in [0.3, 0.4) is 0 Å². The summed E-state index contributed by atoms with van der Waals surface area (Å²) in [6.07, 6.45) is 2.32. The molecule has 7 aromatic carbocycles. The van der Waals surface area contributed by atoms with Crippen molar-refractivity contribution in [3.8, 4) is 11.3 Å².